The maximum absolute atomic E-state index is 13.2. The Morgan fingerprint density at radius 3 is 2.20 bits per heavy atom. The van der Waals surface area contributed by atoms with Gasteiger partial charge in [0.05, 0.1) is 31.1 Å². The molecule has 0 aliphatic carbocycles. The number of rotatable bonds is 8. The van der Waals surface area contributed by atoms with Gasteiger partial charge in [0.15, 0.2) is 0 Å². The van der Waals surface area contributed by atoms with E-state index in [1.165, 1.54) is 9.87 Å². The van der Waals surface area contributed by atoms with E-state index in [9.17, 15) is 13.2 Å². The third-order valence-corrected chi connectivity index (χ3v) is 8.47. The van der Waals surface area contributed by atoms with Crippen LogP contribution in [0.2, 0.25) is 0 Å². The number of aromatic nitrogens is 2. The monoisotopic (exact) mass is 496 g/mol. The number of benzene rings is 2. The van der Waals surface area contributed by atoms with Crippen molar-refractivity contribution in [2.75, 3.05) is 26.3 Å². The molecule has 1 fully saturated rings. The SMILES string of the molecule is CCc1ccc(CNC(=O)c2ccc(Cn3nc(C)c(S(=O)(=O)N4CCOCC4)c3C)cc2)cc1. The maximum Gasteiger partial charge on any atom is 0.251 e. The van der Waals surface area contributed by atoms with E-state index in [2.05, 4.69) is 29.5 Å². The lowest BCUT2D eigenvalue weighted by Crippen LogP contribution is -2.41. The zero-order valence-corrected chi connectivity index (χ0v) is 21.3. The molecule has 2 aromatic carbocycles. The molecule has 0 saturated carbocycles. The average molecular weight is 497 g/mol. The van der Waals surface area contributed by atoms with E-state index in [-0.39, 0.29) is 10.8 Å². The quantitative estimate of drug-likeness (QED) is 0.517. The molecular weight excluding hydrogens is 464 g/mol. The highest BCUT2D eigenvalue weighted by Gasteiger charge is 2.32. The van der Waals surface area contributed by atoms with Gasteiger partial charge in [-0.3, -0.25) is 9.48 Å². The Hall–Kier alpha value is -3.01. The molecule has 0 bridgehead atoms. The Morgan fingerprint density at radius 2 is 1.57 bits per heavy atom. The minimum Gasteiger partial charge on any atom is -0.379 e. The molecule has 0 unspecified atom stereocenters. The summed E-state index contributed by atoms with van der Waals surface area (Å²) in [6.07, 6.45) is 0.988. The highest BCUT2D eigenvalue weighted by atomic mass is 32.2. The summed E-state index contributed by atoms with van der Waals surface area (Å²) in [5.41, 5.74) is 4.91. The summed E-state index contributed by atoms with van der Waals surface area (Å²) in [5, 5.41) is 7.45. The van der Waals surface area contributed by atoms with Gasteiger partial charge in [-0.1, -0.05) is 43.3 Å². The zero-order valence-electron chi connectivity index (χ0n) is 20.5. The van der Waals surface area contributed by atoms with Gasteiger partial charge in [-0.15, -0.1) is 0 Å². The number of nitrogens with one attached hydrogen (secondary N) is 1. The molecule has 1 amide bonds. The minimum atomic E-state index is -3.63. The lowest BCUT2D eigenvalue weighted by Gasteiger charge is -2.26. The zero-order chi connectivity index (χ0) is 25.0. The molecule has 2 heterocycles. The van der Waals surface area contributed by atoms with Gasteiger partial charge < -0.3 is 10.1 Å². The molecule has 4 rings (SSSR count). The van der Waals surface area contributed by atoms with E-state index in [0.717, 1.165) is 17.5 Å². The van der Waals surface area contributed by atoms with Gasteiger partial charge in [0.1, 0.15) is 4.90 Å². The number of hydrogen-bond donors (Lipinski definition) is 1. The molecule has 35 heavy (non-hydrogen) atoms. The number of ether oxygens (including phenoxy) is 1. The van der Waals surface area contributed by atoms with Gasteiger partial charge >= 0.3 is 0 Å². The van der Waals surface area contributed by atoms with Crippen molar-refractivity contribution in [2.24, 2.45) is 0 Å². The van der Waals surface area contributed by atoms with Crippen molar-refractivity contribution in [3.63, 3.8) is 0 Å². The fourth-order valence-corrected chi connectivity index (χ4v) is 6.02. The number of aryl methyl sites for hydroxylation is 2. The minimum absolute atomic E-state index is 0.138. The molecule has 186 valence electrons. The van der Waals surface area contributed by atoms with Crippen LogP contribution in [0, 0.1) is 13.8 Å². The van der Waals surface area contributed by atoms with Crippen molar-refractivity contribution >= 4 is 15.9 Å². The van der Waals surface area contributed by atoms with Crippen LogP contribution in [0.4, 0.5) is 0 Å². The van der Waals surface area contributed by atoms with Crippen LogP contribution in [-0.4, -0.2) is 54.7 Å². The van der Waals surface area contributed by atoms with E-state index in [1.54, 1.807) is 30.7 Å². The molecule has 1 saturated heterocycles. The van der Waals surface area contributed by atoms with Gasteiger partial charge in [-0.05, 0) is 49.1 Å². The van der Waals surface area contributed by atoms with Crippen LogP contribution < -0.4 is 5.32 Å². The van der Waals surface area contributed by atoms with Crippen LogP contribution in [0.3, 0.4) is 0 Å². The number of sulfonamides is 1. The molecule has 0 atom stereocenters. The smallest absolute Gasteiger partial charge is 0.251 e. The Morgan fingerprint density at radius 1 is 0.971 bits per heavy atom. The van der Waals surface area contributed by atoms with Gasteiger partial charge in [-0.2, -0.15) is 9.40 Å². The second kappa shape index (κ2) is 10.7. The van der Waals surface area contributed by atoms with Crippen molar-refractivity contribution in [1.29, 1.82) is 0 Å². The largest absolute Gasteiger partial charge is 0.379 e. The van der Waals surface area contributed by atoms with Crippen LogP contribution in [0.15, 0.2) is 53.4 Å². The number of carbonyl (C=O) groups is 1. The predicted molar refractivity (Wildman–Crippen MR) is 134 cm³/mol. The Balaban J connectivity index is 1.42. The predicted octanol–water partition coefficient (Wildman–Crippen LogP) is 3.06. The van der Waals surface area contributed by atoms with Gasteiger partial charge in [0.25, 0.3) is 5.91 Å². The van der Waals surface area contributed by atoms with Crippen molar-refractivity contribution in [3.05, 3.63) is 82.2 Å². The number of morpholine rings is 1. The lowest BCUT2D eigenvalue weighted by atomic mass is 10.1. The van der Waals surface area contributed by atoms with Gasteiger partial charge in [0.2, 0.25) is 10.0 Å². The summed E-state index contributed by atoms with van der Waals surface area (Å²) in [4.78, 5) is 12.8. The number of nitrogens with zero attached hydrogens (tertiary/aromatic N) is 3. The van der Waals surface area contributed by atoms with Crippen LogP contribution in [-0.2, 0) is 34.3 Å². The third kappa shape index (κ3) is 5.63. The fraction of sp³-hybridized carbons (Fsp3) is 0.385. The molecule has 9 heteroatoms. The first-order valence-electron chi connectivity index (χ1n) is 11.9. The molecule has 1 aromatic heterocycles. The highest BCUT2D eigenvalue weighted by Crippen LogP contribution is 2.25. The van der Waals surface area contributed by atoms with Crippen molar-refractivity contribution in [3.8, 4) is 0 Å². The van der Waals surface area contributed by atoms with E-state index >= 15 is 0 Å². The summed E-state index contributed by atoms with van der Waals surface area (Å²) in [7, 11) is -3.63. The normalized spacial score (nSPS) is 14.7. The van der Waals surface area contributed by atoms with E-state index < -0.39 is 10.0 Å². The van der Waals surface area contributed by atoms with Gasteiger partial charge in [-0.25, -0.2) is 8.42 Å². The molecule has 0 spiro atoms. The summed E-state index contributed by atoms with van der Waals surface area (Å²) < 4.78 is 34.8. The first-order chi connectivity index (χ1) is 16.8. The third-order valence-electron chi connectivity index (χ3n) is 6.32. The maximum atomic E-state index is 13.2. The van der Waals surface area contributed by atoms with Crippen molar-refractivity contribution in [2.45, 2.75) is 45.2 Å². The molecule has 0 radical (unpaired) electrons. The Labute approximate surface area is 207 Å². The summed E-state index contributed by atoms with van der Waals surface area (Å²) >= 11 is 0. The second-order valence-corrected chi connectivity index (χ2v) is 10.6. The molecule has 3 aromatic rings. The van der Waals surface area contributed by atoms with Crippen molar-refractivity contribution in [1.82, 2.24) is 19.4 Å². The lowest BCUT2D eigenvalue weighted by molar-refractivity contribution is 0.0730. The van der Waals surface area contributed by atoms with E-state index in [4.69, 9.17) is 4.74 Å². The van der Waals surface area contributed by atoms with E-state index in [1.807, 2.05) is 24.3 Å². The average Bonchev–Trinajstić information content (AvgIpc) is 3.16. The van der Waals surface area contributed by atoms with Crippen LogP contribution in [0.1, 0.15) is 45.4 Å². The first kappa shape index (κ1) is 25.1. The molecule has 1 N–H and O–H groups in total. The van der Waals surface area contributed by atoms with Crippen LogP contribution >= 0.6 is 0 Å². The van der Waals surface area contributed by atoms with Crippen LogP contribution in [0.25, 0.3) is 0 Å². The molecule has 8 nitrogen and oxygen atoms in total. The fourth-order valence-electron chi connectivity index (χ4n) is 4.24. The molecule has 1 aliphatic heterocycles. The summed E-state index contributed by atoms with van der Waals surface area (Å²) in [6.45, 7) is 7.99. The number of hydrogen-bond acceptors (Lipinski definition) is 5. The van der Waals surface area contributed by atoms with Gasteiger partial charge in [0, 0.05) is 25.2 Å². The highest BCUT2D eigenvalue weighted by molar-refractivity contribution is 7.89. The molecule has 1 aliphatic rings. The van der Waals surface area contributed by atoms with Crippen molar-refractivity contribution < 1.29 is 17.9 Å². The number of amides is 1. The molecular formula is C26H32N4O4S. The standard InChI is InChI=1S/C26H32N4O4S/c1-4-21-5-7-22(8-6-21)17-27-26(31)24-11-9-23(10-12-24)18-30-20(3)25(19(2)28-30)35(32,33)29-13-15-34-16-14-29/h5-12H,4,13-18H2,1-3H3,(H,27,31). The number of carbonyl (C=O) groups excluding carboxylic acids is 1. The van der Waals surface area contributed by atoms with Crippen LogP contribution in [0.5, 0.6) is 0 Å². The summed E-state index contributed by atoms with van der Waals surface area (Å²) in [5.74, 6) is -0.138. The van der Waals surface area contributed by atoms with E-state index in [0.29, 0.717) is 56.3 Å². The first-order valence-corrected chi connectivity index (χ1v) is 13.3. The second-order valence-electron chi connectivity index (χ2n) is 8.72. The Kier molecular flexibility index (Phi) is 7.69. The Bertz CT molecular complexity index is 1280. The summed E-state index contributed by atoms with van der Waals surface area (Å²) in [6, 6.07) is 15.5. The topological polar surface area (TPSA) is 93.5 Å².